The Morgan fingerprint density at radius 2 is 1.88 bits per heavy atom. The number of ether oxygens (including phenoxy) is 1. The van der Waals surface area contributed by atoms with Crippen LogP contribution in [0.2, 0.25) is 0 Å². The Labute approximate surface area is 196 Å². The molecule has 1 N–H and O–H groups in total. The van der Waals surface area contributed by atoms with Crippen molar-refractivity contribution < 1.29 is 9.53 Å². The molecule has 0 amide bonds. The van der Waals surface area contributed by atoms with Gasteiger partial charge in [-0.1, -0.05) is 37.5 Å². The quantitative estimate of drug-likeness (QED) is 0.418. The smallest absolute Gasteiger partial charge is 0.356 e. The van der Waals surface area contributed by atoms with E-state index in [0.29, 0.717) is 18.3 Å². The van der Waals surface area contributed by atoms with Gasteiger partial charge in [-0.05, 0) is 74.1 Å². The first kappa shape index (κ1) is 22.8. The van der Waals surface area contributed by atoms with E-state index in [1.54, 1.807) is 25.3 Å². The number of hydrogen-bond acceptors (Lipinski definition) is 6. The molecule has 0 unspecified atom stereocenters. The van der Waals surface area contributed by atoms with Crippen molar-refractivity contribution in [3.63, 3.8) is 0 Å². The molecule has 4 rings (SSSR count). The number of hydrogen-bond donors (Lipinski definition) is 1. The largest absolute Gasteiger partial charge is 0.461 e. The molecule has 3 aromatic rings. The van der Waals surface area contributed by atoms with Crippen LogP contribution >= 0.6 is 0 Å². The van der Waals surface area contributed by atoms with Gasteiger partial charge < -0.3 is 15.0 Å². The van der Waals surface area contributed by atoms with Crippen LogP contribution in [0.3, 0.4) is 0 Å². The lowest BCUT2D eigenvalue weighted by atomic mass is 9.84. The molecule has 0 bridgehead atoms. The third-order valence-corrected chi connectivity index (χ3v) is 6.29. The predicted octanol–water partition coefficient (Wildman–Crippen LogP) is 6.52. The number of nitrogens with zero attached hydrogens (tertiary/aromatic N) is 3. The highest BCUT2D eigenvalue weighted by molar-refractivity contribution is 5.87. The van der Waals surface area contributed by atoms with Crippen LogP contribution < -0.4 is 10.2 Å². The molecule has 0 radical (unpaired) electrons. The number of carbonyl (C=O) groups excluding carboxylic acids is 1. The zero-order chi connectivity index (χ0) is 23.2. The molecule has 6 nitrogen and oxygen atoms in total. The van der Waals surface area contributed by atoms with Gasteiger partial charge >= 0.3 is 5.97 Å². The van der Waals surface area contributed by atoms with E-state index >= 15 is 0 Å². The van der Waals surface area contributed by atoms with E-state index in [0.717, 1.165) is 22.8 Å². The van der Waals surface area contributed by atoms with Gasteiger partial charge in [-0.2, -0.15) is 0 Å². The van der Waals surface area contributed by atoms with E-state index in [1.165, 1.54) is 37.7 Å². The van der Waals surface area contributed by atoms with Crippen LogP contribution in [0.15, 0.2) is 54.7 Å². The first-order chi connectivity index (χ1) is 16.0. The molecule has 1 aliphatic rings. The van der Waals surface area contributed by atoms with Crippen molar-refractivity contribution in [2.45, 2.75) is 51.9 Å². The Bertz CT molecular complexity index is 1090. The van der Waals surface area contributed by atoms with Crippen molar-refractivity contribution in [3.05, 3.63) is 71.5 Å². The van der Waals surface area contributed by atoms with Gasteiger partial charge in [0, 0.05) is 12.7 Å². The van der Waals surface area contributed by atoms with Gasteiger partial charge in [0.15, 0.2) is 5.69 Å². The van der Waals surface area contributed by atoms with Crippen LogP contribution in [0.5, 0.6) is 0 Å². The Morgan fingerprint density at radius 1 is 1.12 bits per heavy atom. The summed E-state index contributed by atoms with van der Waals surface area (Å²) in [6.07, 6.45) is 8.48. The second-order valence-corrected chi connectivity index (χ2v) is 8.60. The summed E-state index contributed by atoms with van der Waals surface area (Å²) in [5.74, 6) is 1.73. The number of rotatable bonds is 7. The molecule has 0 spiro atoms. The summed E-state index contributed by atoms with van der Waals surface area (Å²) >= 11 is 0. The normalized spacial score (nSPS) is 14.0. The lowest BCUT2D eigenvalue weighted by molar-refractivity contribution is 0.0519. The lowest BCUT2D eigenvalue weighted by Gasteiger charge is -2.24. The predicted molar refractivity (Wildman–Crippen MR) is 133 cm³/mol. The first-order valence-corrected chi connectivity index (χ1v) is 11.8. The van der Waals surface area contributed by atoms with Crippen LogP contribution in [0.4, 0.5) is 23.0 Å². The van der Waals surface area contributed by atoms with E-state index in [9.17, 15) is 4.79 Å². The molecule has 6 heteroatoms. The zero-order valence-corrected chi connectivity index (χ0v) is 19.7. The van der Waals surface area contributed by atoms with Gasteiger partial charge in [0.25, 0.3) is 0 Å². The number of carbonyl (C=O) groups is 1. The molecule has 0 aliphatic heterocycles. The summed E-state index contributed by atoms with van der Waals surface area (Å²) in [5.41, 5.74) is 4.72. The van der Waals surface area contributed by atoms with Gasteiger partial charge in [-0.15, -0.1) is 0 Å². The van der Waals surface area contributed by atoms with Gasteiger partial charge in [0.1, 0.15) is 11.6 Å². The molecule has 1 aromatic carbocycles. The van der Waals surface area contributed by atoms with E-state index in [2.05, 4.69) is 44.5 Å². The molecule has 0 atom stereocenters. The van der Waals surface area contributed by atoms with Crippen LogP contribution in [0.1, 0.15) is 66.6 Å². The molecule has 172 valence electrons. The summed E-state index contributed by atoms with van der Waals surface area (Å²) < 4.78 is 5.04. The number of anilines is 4. The van der Waals surface area contributed by atoms with Crippen molar-refractivity contribution in [1.82, 2.24) is 9.97 Å². The molecule has 1 aliphatic carbocycles. The number of nitrogens with one attached hydrogen (secondary N) is 1. The zero-order valence-electron chi connectivity index (χ0n) is 19.7. The van der Waals surface area contributed by atoms with Gasteiger partial charge in [-0.25, -0.2) is 14.8 Å². The summed E-state index contributed by atoms with van der Waals surface area (Å²) in [5, 5.41) is 3.26. The fourth-order valence-electron chi connectivity index (χ4n) is 4.35. The minimum absolute atomic E-state index is 0.278. The number of aromatic nitrogens is 2. The SMILES string of the molecule is CCOC(=O)c1cccc(Nc2cnc(N(C)c3ccc(C4CCCCC4)cc3)cc2C)n1. The lowest BCUT2D eigenvalue weighted by Crippen LogP contribution is -2.12. The third-order valence-electron chi connectivity index (χ3n) is 6.29. The average molecular weight is 445 g/mol. The highest BCUT2D eigenvalue weighted by Gasteiger charge is 2.16. The monoisotopic (exact) mass is 444 g/mol. The van der Waals surface area contributed by atoms with E-state index in [-0.39, 0.29) is 5.69 Å². The number of benzene rings is 1. The van der Waals surface area contributed by atoms with E-state index < -0.39 is 5.97 Å². The Hall–Kier alpha value is -3.41. The summed E-state index contributed by atoms with van der Waals surface area (Å²) in [4.78, 5) is 23.1. The maximum Gasteiger partial charge on any atom is 0.356 e. The topological polar surface area (TPSA) is 67.3 Å². The fraction of sp³-hybridized carbons (Fsp3) is 0.370. The van der Waals surface area contributed by atoms with Gasteiger partial charge in [0.05, 0.1) is 18.5 Å². The standard InChI is InChI=1S/C27H32N4O2/c1-4-33-27(32)23-11-8-12-25(29-23)30-24-18-28-26(17-19(24)2)31(3)22-15-13-21(14-16-22)20-9-6-5-7-10-20/h8,11-18,20H,4-7,9-10H2,1-3H3,(H,29,30). The highest BCUT2D eigenvalue weighted by atomic mass is 16.5. The van der Waals surface area contributed by atoms with Crippen molar-refractivity contribution in [1.29, 1.82) is 0 Å². The first-order valence-electron chi connectivity index (χ1n) is 11.8. The second-order valence-electron chi connectivity index (χ2n) is 8.60. The Balaban J connectivity index is 1.46. The van der Waals surface area contributed by atoms with Crippen LogP contribution in [-0.4, -0.2) is 29.6 Å². The number of esters is 1. The summed E-state index contributed by atoms with van der Waals surface area (Å²) in [7, 11) is 2.04. The average Bonchev–Trinajstić information content (AvgIpc) is 2.86. The molecule has 2 aromatic heterocycles. The number of aryl methyl sites for hydroxylation is 1. The molecular weight excluding hydrogens is 412 g/mol. The minimum atomic E-state index is -0.428. The highest BCUT2D eigenvalue weighted by Crippen LogP contribution is 2.34. The molecular formula is C27H32N4O2. The molecule has 2 heterocycles. The Morgan fingerprint density at radius 3 is 2.58 bits per heavy atom. The molecule has 1 fully saturated rings. The summed E-state index contributed by atoms with van der Waals surface area (Å²) in [6.45, 7) is 4.13. The van der Waals surface area contributed by atoms with Crippen molar-refractivity contribution in [2.24, 2.45) is 0 Å². The van der Waals surface area contributed by atoms with Crippen LogP contribution in [0.25, 0.3) is 0 Å². The van der Waals surface area contributed by atoms with Crippen molar-refractivity contribution >= 4 is 29.0 Å². The van der Waals surface area contributed by atoms with E-state index in [1.807, 2.05) is 26.1 Å². The van der Waals surface area contributed by atoms with Crippen molar-refractivity contribution in [2.75, 3.05) is 23.9 Å². The maximum absolute atomic E-state index is 12.0. The minimum Gasteiger partial charge on any atom is -0.461 e. The van der Waals surface area contributed by atoms with Crippen molar-refractivity contribution in [3.8, 4) is 0 Å². The number of pyridine rings is 2. The Kier molecular flexibility index (Phi) is 7.23. The van der Waals surface area contributed by atoms with E-state index in [4.69, 9.17) is 4.74 Å². The third kappa shape index (κ3) is 5.51. The van der Waals surface area contributed by atoms with Crippen LogP contribution in [0, 0.1) is 6.92 Å². The van der Waals surface area contributed by atoms with Crippen LogP contribution in [-0.2, 0) is 4.74 Å². The van der Waals surface area contributed by atoms with Gasteiger partial charge in [0.2, 0.25) is 0 Å². The maximum atomic E-state index is 12.0. The second kappa shape index (κ2) is 10.5. The summed E-state index contributed by atoms with van der Waals surface area (Å²) in [6, 6.07) is 16.2. The molecule has 1 saturated carbocycles. The van der Waals surface area contributed by atoms with Gasteiger partial charge in [-0.3, -0.25) is 0 Å². The fourth-order valence-corrected chi connectivity index (χ4v) is 4.35. The molecule has 0 saturated heterocycles. The molecule has 33 heavy (non-hydrogen) atoms.